The molecule has 0 aliphatic rings. The first-order valence-electron chi connectivity index (χ1n) is 8.98. The highest BCUT2D eigenvalue weighted by atomic mass is 79.9. The van der Waals surface area contributed by atoms with Crippen LogP contribution in [0.1, 0.15) is 22.3 Å². The first-order valence-corrected chi connectivity index (χ1v) is 9.77. The number of nitriles is 1. The maximum absolute atomic E-state index is 13.9. The van der Waals surface area contributed by atoms with E-state index in [2.05, 4.69) is 21.2 Å². The van der Waals surface area contributed by atoms with Crippen LogP contribution in [-0.2, 0) is 11.2 Å². The molecule has 29 heavy (non-hydrogen) atoms. The number of rotatable bonds is 5. The molecule has 0 saturated carbocycles. The Morgan fingerprint density at radius 3 is 2.48 bits per heavy atom. The van der Waals surface area contributed by atoms with Gasteiger partial charge in [0.1, 0.15) is 17.5 Å². The highest BCUT2D eigenvalue weighted by Crippen LogP contribution is 2.24. The van der Waals surface area contributed by atoms with E-state index in [1.165, 1.54) is 12.1 Å². The minimum atomic E-state index is -0.470. The van der Waals surface area contributed by atoms with E-state index in [4.69, 9.17) is 0 Å². The Morgan fingerprint density at radius 2 is 1.83 bits per heavy atom. The van der Waals surface area contributed by atoms with Gasteiger partial charge in [-0.25, -0.2) is 4.39 Å². The van der Waals surface area contributed by atoms with E-state index in [0.717, 1.165) is 15.6 Å². The molecule has 0 radical (unpaired) electrons. The lowest BCUT2D eigenvalue weighted by Crippen LogP contribution is -2.13. The van der Waals surface area contributed by atoms with Crippen molar-refractivity contribution in [2.24, 2.45) is 0 Å². The van der Waals surface area contributed by atoms with E-state index >= 15 is 0 Å². The lowest BCUT2D eigenvalue weighted by molar-refractivity contribution is -0.112. The molecule has 0 bridgehead atoms. The number of anilines is 1. The van der Waals surface area contributed by atoms with E-state index in [0.29, 0.717) is 23.2 Å². The van der Waals surface area contributed by atoms with Crippen LogP contribution in [0.3, 0.4) is 0 Å². The van der Waals surface area contributed by atoms with Gasteiger partial charge < -0.3 is 5.32 Å². The third kappa shape index (κ3) is 5.40. The molecule has 0 unspecified atom stereocenters. The van der Waals surface area contributed by atoms with Gasteiger partial charge in [0.25, 0.3) is 5.91 Å². The maximum atomic E-state index is 13.9. The number of halogens is 2. The summed E-state index contributed by atoms with van der Waals surface area (Å²) in [7, 11) is 0. The molecular weight excluding hydrogens is 431 g/mol. The van der Waals surface area contributed by atoms with Crippen molar-refractivity contribution in [1.82, 2.24) is 0 Å². The molecule has 3 aromatic rings. The van der Waals surface area contributed by atoms with Crippen LogP contribution in [0.2, 0.25) is 0 Å². The first kappa shape index (κ1) is 20.5. The van der Waals surface area contributed by atoms with Crippen molar-refractivity contribution in [1.29, 1.82) is 5.26 Å². The van der Waals surface area contributed by atoms with Crippen LogP contribution in [0, 0.1) is 24.1 Å². The van der Waals surface area contributed by atoms with Crippen LogP contribution >= 0.6 is 15.9 Å². The second kappa shape index (κ2) is 9.31. The van der Waals surface area contributed by atoms with Crippen LogP contribution in [0.15, 0.2) is 76.8 Å². The molecule has 0 aliphatic heterocycles. The normalized spacial score (nSPS) is 11.0. The number of nitrogens with zero attached hydrogens (tertiary/aromatic N) is 1. The molecule has 0 atom stereocenters. The Labute approximate surface area is 177 Å². The SMILES string of the molecule is Cc1ccc(NC(=O)/C(C#N)=C/c2ccc(Cc3ccccc3F)c(Br)c2)cc1. The molecule has 3 rings (SSSR count). The Hall–Kier alpha value is -3.23. The van der Waals surface area contributed by atoms with Gasteiger partial charge in [0.05, 0.1) is 0 Å². The van der Waals surface area contributed by atoms with Crippen LogP contribution in [0.4, 0.5) is 10.1 Å². The second-order valence-electron chi connectivity index (χ2n) is 6.61. The summed E-state index contributed by atoms with van der Waals surface area (Å²) in [5.41, 5.74) is 3.92. The smallest absolute Gasteiger partial charge is 0.266 e. The number of amides is 1. The van der Waals surface area contributed by atoms with Crippen LogP contribution in [0.25, 0.3) is 6.08 Å². The minimum absolute atomic E-state index is 0.000621. The van der Waals surface area contributed by atoms with Crippen molar-refractivity contribution in [3.05, 3.63) is 105 Å². The average Bonchev–Trinajstić information content (AvgIpc) is 2.71. The molecule has 3 aromatic carbocycles. The van der Waals surface area contributed by atoms with Crippen molar-refractivity contribution >= 4 is 33.6 Å². The third-order valence-electron chi connectivity index (χ3n) is 4.40. The van der Waals surface area contributed by atoms with Gasteiger partial charge in [-0.3, -0.25) is 4.79 Å². The summed E-state index contributed by atoms with van der Waals surface area (Å²) in [6, 6.07) is 21.4. The van der Waals surface area contributed by atoms with Crippen LogP contribution in [-0.4, -0.2) is 5.91 Å². The van der Waals surface area contributed by atoms with Gasteiger partial charge in [0.2, 0.25) is 0 Å². The van der Waals surface area contributed by atoms with Gasteiger partial charge in [-0.05, 0) is 54.0 Å². The molecule has 0 heterocycles. The highest BCUT2D eigenvalue weighted by Gasteiger charge is 2.11. The highest BCUT2D eigenvalue weighted by molar-refractivity contribution is 9.10. The van der Waals surface area contributed by atoms with Gasteiger partial charge in [0, 0.05) is 16.6 Å². The molecule has 0 aromatic heterocycles. The fourth-order valence-electron chi connectivity index (χ4n) is 2.79. The quantitative estimate of drug-likeness (QED) is 0.382. The summed E-state index contributed by atoms with van der Waals surface area (Å²) in [6.45, 7) is 1.96. The number of nitrogens with one attached hydrogen (secondary N) is 1. The zero-order valence-electron chi connectivity index (χ0n) is 15.7. The van der Waals surface area contributed by atoms with E-state index in [1.54, 1.807) is 36.4 Å². The topological polar surface area (TPSA) is 52.9 Å². The second-order valence-corrected chi connectivity index (χ2v) is 7.46. The molecule has 1 N–H and O–H groups in total. The van der Waals surface area contributed by atoms with E-state index in [-0.39, 0.29) is 11.4 Å². The van der Waals surface area contributed by atoms with Gasteiger partial charge in [0.15, 0.2) is 0 Å². The standard InChI is InChI=1S/C24H18BrFN2O/c1-16-6-10-21(11-7-16)28-24(29)20(15-27)12-17-8-9-18(22(25)13-17)14-19-4-2-3-5-23(19)26/h2-13H,14H2,1H3,(H,28,29)/b20-12+. The van der Waals surface area contributed by atoms with Crippen molar-refractivity contribution in [2.75, 3.05) is 5.32 Å². The first-order chi connectivity index (χ1) is 14.0. The van der Waals surface area contributed by atoms with Crippen LogP contribution < -0.4 is 5.32 Å². The number of benzene rings is 3. The van der Waals surface area contributed by atoms with Gasteiger partial charge in [-0.1, -0.05) is 64.0 Å². The number of aryl methyl sites for hydroxylation is 1. The molecule has 144 valence electrons. The maximum Gasteiger partial charge on any atom is 0.266 e. The number of carbonyl (C=O) groups is 1. The molecule has 0 saturated heterocycles. The molecule has 0 spiro atoms. The zero-order chi connectivity index (χ0) is 20.8. The van der Waals surface area contributed by atoms with Gasteiger partial charge >= 0.3 is 0 Å². The van der Waals surface area contributed by atoms with E-state index in [9.17, 15) is 14.4 Å². The van der Waals surface area contributed by atoms with E-state index in [1.807, 2.05) is 37.3 Å². The third-order valence-corrected chi connectivity index (χ3v) is 5.14. The molecule has 1 amide bonds. The lowest BCUT2D eigenvalue weighted by Gasteiger charge is -2.08. The van der Waals surface area contributed by atoms with Crippen molar-refractivity contribution < 1.29 is 9.18 Å². The summed E-state index contributed by atoms with van der Waals surface area (Å²) in [5.74, 6) is -0.717. The number of hydrogen-bond acceptors (Lipinski definition) is 2. The summed E-state index contributed by atoms with van der Waals surface area (Å²) in [6.07, 6.45) is 1.97. The predicted molar refractivity (Wildman–Crippen MR) is 117 cm³/mol. The summed E-state index contributed by atoms with van der Waals surface area (Å²) < 4.78 is 14.7. The Kier molecular flexibility index (Phi) is 6.58. The number of carbonyl (C=O) groups excluding carboxylic acids is 1. The monoisotopic (exact) mass is 448 g/mol. The molecule has 0 aliphatic carbocycles. The zero-order valence-corrected chi connectivity index (χ0v) is 17.3. The predicted octanol–water partition coefficient (Wildman–Crippen LogP) is 6.03. The molecular formula is C24H18BrFN2O. The summed E-state index contributed by atoms with van der Waals surface area (Å²) in [4.78, 5) is 12.4. The Bertz CT molecular complexity index is 1110. The molecule has 5 heteroatoms. The lowest BCUT2D eigenvalue weighted by atomic mass is 10.0. The van der Waals surface area contributed by atoms with Crippen molar-refractivity contribution in [2.45, 2.75) is 13.3 Å². The average molecular weight is 449 g/mol. The molecule has 0 fully saturated rings. The Balaban J connectivity index is 1.78. The van der Waals surface area contributed by atoms with Crippen LogP contribution in [0.5, 0.6) is 0 Å². The summed E-state index contributed by atoms with van der Waals surface area (Å²) in [5, 5.41) is 12.1. The van der Waals surface area contributed by atoms with Gasteiger partial charge in [-0.15, -0.1) is 0 Å². The fraction of sp³-hybridized carbons (Fsp3) is 0.0833. The van der Waals surface area contributed by atoms with Gasteiger partial charge in [-0.2, -0.15) is 5.26 Å². The van der Waals surface area contributed by atoms with E-state index < -0.39 is 5.91 Å². The minimum Gasteiger partial charge on any atom is -0.321 e. The fourth-order valence-corrected chi connectivity index (χ4v) is 3.33. The van der Waals surface area contributed by atoms with Crippen molar-refractivity contribution in [3.63, 3.8) is 0 Å². The van der Waals surface area contributed by atoms with Crippen molar-refractivity contribution in [3.8, 4) is 6.07 Å². The molecule has 3 nitrogen and oxygen atoms in total. The largest absolute Gasteiger partial charge is 0.321 e. The Morgan fingerprint density at radius 1 is 1.10 bits per heavy atom. The summed E-state index contributed by atoms with van der Waals surface area (Å²) >= 11 is 3.50. The number of hydrogen-bond donors (Lipinski definition) is 1.